The minimum absolute atomic E-state index is 0.0101. The molecular weight excluding hydrogens is 508 g/mol. The molecule has 3 aromatic rings. The first-order valence-corrected chi connectivity index (χ1v) is 12.7. The number of hydrogen-bond acceptors (Lipinski definition) is 6. The number of anilines is 1. The molecule has 1 unspecified atom stereocenters. The quantitative estimate of drug-likeness (QED) is 0.309. The van der Waals surface area contributed by atoms with Crippen LogP contribution in [0.25, 0.3) is 16.1 Å². The fraction of sp³-hybridized carbons (Fsp3) is 0.464. The molecule has 0 aliphatic heterocycles. The summed E-state index contributed by atoms with van der Waals surface area (Å²) >= 11 is 0. The molecule has 1 amide bonds. The number of amides is 1. The van der Waals surface area contributed by atoms with E-state index in [2.05, 4.69) is 20.4 Å². The maximum absolute atomic E-state index is 13.1. The van der Waals surface area contributed by atoms with Crippen molar-refractivity contribution in [1.82, 2.24) is 14.9 Å². The number of nitrogens with one attached hydrogen (secondary N) is 1. The summed E-state index contributed by atoms with van der Waals surface area (Å²) in [6, 6.07) is 8.51. The molecular formula is C28H31F2N5O4. The number of carbonyl (C=O) groups excluding carboxylic acids is 2. The fourth-order valence-electron chi connectivity index (χ4n) is 4.16. The normalized spacial score (nSPS) is 16.1. The van der Waals surface area contributed by atoms with Crippen LogP contribution in [0.4, 0.5) is 25.1 Å². The van der Waals surface area contributed by atoms with E-state index in [-0.39, 0.29) is 49.0 Å². The number of carbonyl (C=O) groups is 2. The third kappa shape index (κ3) is 6.88. The lowest BCUT2D eigenvalue weighted by Gasteiger charge is -2.20. The zero-order chi connectivity index (χ0) is 28.5. The minimum atomic E-state index is -2.63. The Morgan fingerprint density at radius 3 is 2.49 bits per heavy atom. The number of benzene rings is 1. The molecule has 1 saturated carbocycles. The molecule has 11 heteroatoms. The average Bonchev–Trinajstić information content (AvgIpc) is 3.12. The number of Topliss-reactive ketones (excluding diaryl/α,β-unsaturated/α-hetero) is 1. The smallest absolute Gasteiger partial charge is 0.412 e. The molecule has 39 heavy (non-hydrogen) atoms. The van der Waals surface area contributed by atoms with Gasteiger partial charge in [-0.15, -0.1) is 0 Å². The average molecular weight is 540 g/mol. The van der Waals surface area contributed by atoms with Crippen molar-refractivity contribution in [2.24, 2.45) is 5.92 Å². The van der Waals surface area contributed by atoms with Crippen molar-refractivity contribution in [2.45, 2.75) is 77.9 Å². The SMILES string of the molecule is [C-]#[N+]c1c(-c2ccc(CC(=O)Cc3cc(CC4CC4(F)F)no3)cc2)nn(C(C)C)c1NC(=O)OC(C)(C)C. The zero-order valence-corrected chi connectivity index (χ0v) is 22.5. The Bertz CT molecular complexity index is 1410. The summed E-state index contributed by atoms with van der Waals surface area (Å²) in [6.07, 6.45) is -0.533. The molecule has 0 spiro atoms. The highest BCUT2D eigenvalue weighted by molar-refractivity contribution is 5.93. The lowest BCUT2D eigenvalue weighted by Crippen LogP contribution is -2.28. The molecule has 1 N–H and O–H groups in total. The molecule has 1 aliphatic rings. The van der Waals surface area contributed by atoms with Crippen molar-refractivity contribution >= 4 is 23.4 Å². The van der Waals surface area contributed by atoms with E-state index in [9.17, 15) is 18.4 Å². The van der Waals surface area contributed by atoms with Gasteiger partial charge in [-0.2, -0.15) is 5.10 Å². The molecule has 2 aromatic heterocycles. The summed E-state index contributed by atoms with van der Waals surface area (Å²) in [6.45, 7) is 16.8. The van der Waals surface area contributed by atoms with Gasteiger partial charge in [0.15, 0.2) is 0 Å². The number of rotatable bonds is 9. The highest BCUT2D eigenvalue weighted by atomic mass is 19.3. The Labute approximate surface area is 225 Å². The Morgan fingerprint density at radius 1 is 1.26 bits per heavy atom. The van der Waals surface area contributed by atoms with Crippen molar-refractivity contribution in [3.8, 4) is 11.3 Å². The van der Waals surface area contributed by atoms with E-state index in [0.29, 0.717) is 22.7 Å². The summed E-state index contributed by atoms with van der Waals surface area (Å²) in [5, 5.41) is 11.1. The van der Waals surface area contributed by atoms with Gasteiger partial charge in [0.1, 0.15) is 28.7 Å². The highest BCUT2D eigenvalue weighted by Crippen LogP contribution is 2.50. The molecule has 0 saturated heterocycles. The number of halogens is 2. The second-order valence-electron chi connectivity index (χ2n) is 11.1. The summed E-state index contributed by atoms with van der Waals surface area (Å²) in [5.41, 5.74) is 1.72. The Kier molecular flexibility index (Phi) is 7.59. The van der Waals surface area contributed by atoms with E-state index in [1.54, 1.807) is 55.8 Å². The van der Waals surface area contributed by atoms with Crippen molar-refractivity contribution in [1.29, 1.82) is 0 Å². The van der Waals surface area contributed by atoms with Gasteiger partial charge in [0, 0.05) is 37.3 Å². The molecule has 206 valence electrons. The monoisotopic (exact) mass is 539 g/mol. The van der Waals surface area contributed by atoms with Crippen LogP contribution in [-0.2, 0) is 28.8 Å². The summed E-state index contributed by atoms with van der Waals surface area (Å²) in [4.78, 5) is 28.6. The molecule has 0 bridgehead atoms. The first-order chi connectivity index (χ1) is 18.3. The molecule has 1 fully saturated rings. The first kappa shape index (κ1) is 28.0. The van der Waals surface area contributed by atoms with Crippen LogP contribution in [0.3, 0.4) is 0 Å². The largest absolute Gasteiger partial charge is 0.444 e. The van der Waals surface area contributed by atoms with Gasteiger partial charge in [0.25, 0.3) is 11.6 Å². The van der Waals surface area contributed by atoms with Crippen molar-refractivity contribution < 1.29 is 27.6 Å². The maximum atomic E-state index is 13.1. The van der Waals surface area contributed by atoms with Gasteiger partial charge < -0.3 is 9.26 Å². The summed E-state index contributed by atoms with van der Waals surface area (Å²) < 4.78 is 38.3. The van der Waals surface area contributed by atoms with E-state index in [4.69, 9.17) is 15.8 Å². The Balaban J connectivity index is 1.44. The second kappa shape index (κ2) is 10.6. The van der Waals surface area contributed by atoms with Crippen molar-refractivity contribution in [3.63, 3.8) is 0 Å². The van der Waals surface area contributed by atoms with E-state index in [1.165, 1.54) is 0 Å². The third-order valence-electron chi connectivity index (χ3n) is 6.12. The number of ketones is 1. The highest BCUT2D eigenvalue weighted by Gasteiger charge is 2.56. The Morgan fingerprint density at radius 2 is 1.92 bits per heavy atom. The lowest BCUT2D eigenvalue weighted by atomic mass is 10.0. The van der Waals surface area contributed by atoms with Gasteiger partial charge in [-0.1, -0.05) is 29.4 Å². The predicted molar refractivity (Wildman–Crippen MR) is 140 cm³/mol. The fourth-order valence-corrected chi connectivity index (χ4v) is 4.16. The van der Waals surface area contributed by atoms with Crippen LogP contribution in [0.1, 0.15) is 64.1 Å². The molecule has 9 nitrogen and oxygen atoms in total. The third-order valence-corrected chi connectivity index (χ3v) is 6.12. The number of nitrogens with zero attached hydrogens (tertiary/aromatic N) is 4. The van der Waals surface area contributed by atoms with Crippen LogP contribution in [0.5, 0.6) is 0 Å². The second-order valence-corrected chi connectivity index (χ2v) is 11.1. The molecule has 1 aromatic carbocycles. The number of alkyl halides is 2. The first-order valence-electron chi connectivity index (χ1n) is 12.7. The van der Waals surface area contributed by atoms with Crippen LogP contribution < -0.4 is 5.32 Å². The number of hydrogen-bond donors (Lipinski definition) is 1. The maximum Gasteiger partial charge on any atom is 0.412 e. The van der Waals surface area contributed by atoms with E-state index in [0.717, 1.165) is 5.56 Å². The van der Waals surface area contributed by atoms with Crippen molar-refractivity contribution in [2.75, 3.05) is 5.32 Å². The van der Waals surface area contributed by atoms with Crippen LogP contribution in [-0.4, -0.2) is 38.3 Å². The molecule has 4 rings (SSSR count). The van der Waals surface area contributed by atoms with Gasteiger partial charge in [0.2, 0.25) is 0 Å². The van der Waals surface area contributed by atoms with E-state index in [1.807, 2.05) is 13.8 Å². The number of ether oxygens (including phenoxy) is 1. The number of aromatic nitrogens is 3. The topological polar surface area (TPSA) is 104 Å². The summed E-state index contributed by atoms with van der Waals surface area (Å²) in [5.74, 6) is -2.84. The molecule has 2 heterocycles. The van der Waals surface area contributed by atoms with Gasteiger partial charge >= 0.3 is 6.09 Å². The van der Waals surface area contributed by atoms with Crippen LogP contribution in [0, 0.1) is 12.5 Å². The van der Waals surface area contributed by atoms with Gasteiger partial charge in [0.05, 0.1) is 18.7 Å². The van der Waals surface area contributed by atoms with Crippen LogP contribution in [0.2, 0.25) is 0 Å². The predicted octanol–water partition coefficient (Wildman–Crippen LogP) is 6.57. The lowest BCUT2D eigenvalue weighted by molar-refractivity contribution is -0.118. The van der Waals surface area contributed by atoms with Gasteiger partial charge in [-0.25, -0.2) is 18.4 Å². The van der Waals surface area contributed by atoms with Gasteiger partial charge in [-0.05, 0) is 45.7 Å². The standard InChI is InChI=1S/C28H31F2N5O4/c1-16(2)35-25(32-26(37)38-27(3,4)5)24(31-6)23(33-35)18-9-7-17(8-10-18)11-21(36)14-22-13-20(34-39-22)12-19-15-28(19,29)30/h7-10,13,16,19H,11-12,14-15H2,1-5H3,(H,32,37). The van der Waals surface area contributed by atoms with Crippen molar-refractivity contribution in [3.05, 3.63) is 58.8 Å². The minimum Gasteiger partial charge on any atom is -0.444 e. The van der Waals surface area contributed by atoms with Crippen LogP contribution >= 0.6 is 0 Å². The van der Waals surface area contributed by atoms with Gasteiger partial charge in [-0.3, -0.25) is 14.8 Å². The summed E-state index contributed by atoms with van der Waals surface area (Å²) in [7, 11) is 0. The van der Waals surface area contributed by atoms with E-state index < -0.39 is 23.5 Å². The Hall–Kier alpha value is -4.07. The molecule has 0 radical (unpaired) electrons. The molecule has 1 aliphatic carbocycles. The van der Waals surface area contributed by atoms with E-state index >= 15 is 0 Å². The zero-order valence-electron chi connectivity index (χ0n) is 22.5. The molecule has 1 atom stereocenters. The van der Waals surface area contributed by atoms with Crippen LogP contribution in [0.15, 0.2) is 34.9 Å².